The Bertz CT molecular complexity index is 1520. The van der Waals surface area contributed by atoms with Gasteiger partial charge in [0.15, 0.2) is 0 Å². The fourth-order valence-electron chi connectivity index (χ4n) is 5.12. The normalized spacial score (nSPS) is 13.5. The number of para-hydroxylation sites is 1. The van der Waals surface area contributed by atoms with Crippen molar-refractivity contribution in [2.75, 3.05) is 35.6 Å². The molecule has 4 amide bonds. The van der Waals surface area contributed by atoms with Gasteiger partial charge in [-0.15, -0.1) is 11.3 Å². The zero-order valence-corrected chi connectivity index (χ0v) is 27.1. The van der Waals surface area contributed by atoms with Crippen LogP contribution in [0, 0.1) is 6.92 Å². The van der Waals surface area contributed by atoms with Gasteiger partial charge in [0.25, 0.3) is 5.91 Å². The number of nitrogens with two attached hydrogens (primary N) is 1. The summed E-state index contributed by atoms with van der Waals surface area (Å²) in [6.07, 6.45) is 3.47. The maximum atomic E-state index is 12.7. The van der Waals surface area contributed by atoms with Crippen LogP contribution in [0.4, 0.5) is 21.2 Å². The third kappa shape index (κ3) is 9.07. The van der Waals surface area contributed by atoms with Crippen molar-refractivity contribution in [3.63, 3.8) is 0 Å². The van der Waals surface area contributed by atoms with Gasteiger partial charge in [-0.1, -0.05) is 42.3 Å². The smallest absolute Gasteiger partial charge is 0.324 e. The van der Waals surface area contributed by atoms with E-state index in [-0.39, 0.29) is 5.91 Å². The molecule has 0 spiro atoms. The highest BCUT2D eigenvalue weighted by Crippen LogP contribution is 2.37. The minimum atomic E-state index is -0.554. The third-order valence-corrected chi connectivity index (χ3v) is 9.15. The lowest BCUT2D eigenvalue weighted by Gasteiger charge is -2.27. The molecule has 2 heterocycles. The molecular formula is C33H41ClN6O3S. The van der Waals surface area contributed by atoms with Crippen LogP contribution in [-0.2, 0) is 17.8 Å². The molecule has 234 valence electrons. The van der Waals surface area contributed by atoms with Gasteiger partial charge in [0.05, 0.1) is 5.56 Å². The number of primary amides is 1. The average Bonchev–Trinajstić information content (AvgIpc) is 3.36. The lowest BCUT2D eigenvalue weighted by atomic mass is 10.0. The van der Waals surface area contributed by atoms with Crippen molar-refractivity contribution in [1.29, 1.82) is 0 Å². The molecule has 44 heavy (non-hydrogen) atoms. The van der Waals surface area contributed by atoms with Crippen molar-refractivity contribution in [3.05, 3.63) is 86.4 Å². The second-order valence-electron chi connectivity index (χ2n) is 10.9. The second-order valence-corrected chi connectivity index (χ2v) is 12.5. The first kappa shape index (κ1) is 33.0. The average molecular weight is 637 g/mol. The number of hydrogen-bond acceptors (Lipinski definition) is 6. The highest BCUT2D eigenvalue weighted by Gasteiger charge is 2.27. The number of urea groups is 1. The summed E-state index contributed by atoms with van der Waals surface area (Å²) < 4.78 is 0. The van der Waals surface area contributed by atoms with Crippen molar-refractivity contribution in [3.8, 4) is 0 Å². The lowest BCUT2D eigenvalue weighted by molar-refractivity contribution is -0.121. The van der Waals surface area contributed by atoms with Crippen LogP contribution >= 0.6 is 22.9 Å². The predicted molar refractivity (Wildman–Crippen MR) is 181 cm³/mol. The summed E-state index contributed by atoms with van der Waals surface area (Å²) in [6, 6.07) is 14.5. The van der Waals surface area contributed by atoms with E-state index in [1.165, 1.54) is 22.5 Å². The fourth-order valence-corrected chi connectivity index (χ4v) is 6.54. The SMILES string of the molecule is CC/C(C)=C(\CCC(=O)NCCCN1CCc2c(sc(NC(=O)Nc3ccc(Cl)cc3)c2C(N)=O)C1)Nc1ccccc1C. The van der Waals surface area contributed by atoms with Crippen molar-refractivity contribution in [2.45, 2.75) is 59.4 Å². The summed E-state index contributed by atoms with van der Waals surface area (Å²) in [4.78, 5) is 40.9. The first-order valence-electron chi connectivity index (χ1n) is 14.9. The Morgan fingerprint density at radius 2 is 1.77 bits per heavy atom. The van der Waals surface area contributed by atoms with Crippen LogP contribution in [0.15, 0.2) is 59.8 Å². The van der Waals surface area contributed by atoms with Gasteiger partial charge >= 0.3 is 6.03 Å². The van der Waals surface area contributed by atoms with E-state index in [1.54, 1.807) is 24.3 Å². The van der Waals surface area contributed by atoms with Crippen LogP contribution in [-0.4, -0.2) is 42.4 Å². The van der Waals surface area contributed by atoms with E-state index in [4.69, 9.17) is 17.3 Å². The second kappa shape index (κ2) is 15.7. The highest BCUT2D eigenvalue weighted by molar-refractivity contribution is 7.17. The van der Waals surface area contributed by atoms with Gasteiger partial charge in [-0.3, -0.25) is 19.8 Å². The molecule has 0 aliphatic carbocycles. The van der Waals surface area contributed by atoms with Gasteiger partial charge in [-0.05, 0) is 81.0 Å². The number of allylic oxidation sites excluding steroid dienone is 2. The molecular weight excluding hydrogens is 596 g/mol. The van der Waals surface area contributed by atoms with E-state index in [1.807, 2.05) is 12.1 Å². The standard InChI is InChI=1S/C33H41ClN6O3S/c1-4-21(2)27(38-26-9-6-5-8-22(26)3)14-15-29(41)36-17-7-18-40-19-16-25-28(20-40)44-32(30(25)31(35)42)39-33(43)37-24-12-10-23(34)11-13-24/h5-6,8-13,38H,4,7,14-20H2,1-3H3,(H2,35,42)(H,36,41)(H2,37,39,43)/b27-21+. The van der Waals surface area contributed by atoms with E-state index in [9.17, 15) is 14.4 Å². The number of halogens is 1. The fraction of sp³-hybridized carbons (Fsp3) is 0.364. The number of amides is 4. The monoisotopic (exact) mass is 636 g/mol. The van der Waals surface area contributed by atoms with Gasteiger partial charge in [-0.2, -0.15) is 0 Å². The molecule has 0 radical (unpaired) electrons. The number of fused-ring (bicyclic) bond motifs is 1. The molecule has 11 heteroatoms. The van der Waals surface area contributed by atoms with Gasteiger partial charge in [0.2, 0.25) is 5.91 Å². The number of aryl methyl sites for hydroxylation is 1. The maximum Gasteiger partial charge on any atom is 0.324 e. The number of nitrogens with zero attached hydrogens (tertiary/aromatic N) is 1. The molecule has 9 nitrogen and oxygen atoms in total. The van der Waals surface area contributed by atoms with Crippen LogP contribution in [0.3, 0.4) is 0 Å². The topological polar surface area (TPSA) is 129 Å². The molecule has 0 bridgehead atoms. The van der Waals surface area contributed by atoms with Crippen molar-refractivity contribution in [1.82, 2.24) is 10.2 Å². The summed E-state index contributed by atoms with van der Waals surface area (Å²) in [6.45, 7) is 9.13. The van der Waals surface area contributed by atoms with Gasteiger partial charge in [0.1, 0.15) is 5.00 Å². The summed E-state index contributed by atoms with van der Waals surface area (Å²) in [5.74, 6) is -0.516. The summed E-state index contributed by atoms with van der Waals surface area (Å²) in [7, 11) is 0. The molecule has 1 aromatic heterocycles. The number of carbonyl (C=O) groups excluding carboxylic acids is 3. The summed E-state index contributed by atoms with van der Waals surface area (Å²) in [5, 5.41) is 13.2. The van der Waals surface area contributed by atoms with Crippen molar-refractivity contribution in [2.24, 2.45) is 5.73 Å². The number of carbonyl (C=O) groups is 3. The molecule has 0 saturated carbocycles. The van der Waals surface area contributed by atoms with Crippen LogP contribution in [0.25, 0.3) is 0 Å². The zero-order chi connectivity index (χ0) is 31.6. The molecule has 0 atom stereocenters. The Kier molecular flexibility index (Phi) is 11.8. The zero-order valence-electron chi connectivity index (χ0n) is 25.5. The number of hydrogen-bond donors (Lipinski definition) is 5. The minimum absolute atomic E-state index is 0.0378. The number of nitrogens with one attached hydrogen (secondary N) is 4. The van der Waals surface area contributed by atoms with Crippen molar-refractivity contribution < 1.29 is 14.4 Å². The number of thiophene rings is 1. The molecule has 3 aromatic rings. The number of rotatable bonds is 13. The molecule has 0 unspecified atom stereocenters. The Labute approximate surface area is 268 Å². The number of benzene rings is 2. The first-order valence-corrected chi connectivity index (χ1v) is 16.1. The number of anilines is 3. The van der Waals surface area contributed by atoms with Gasteiger partial charge in [-0.25, -0.2) is 4.79 Å². The highest BCUT2D eigenvalue weighted by atomic mass is 35.5. The Morgan fingerprint density at radius 3 is 2.48 bits per heavy atom. The quantitative estimate of drug-likeness (QED) is 0.130. The molecule has 1 aliphatic heterocycles. The van der Waals surface area contributed by atoms with E-state index in [0.29, 0.717) is 53.6 Å². The third-order valence-electron chi connectivity index (χ3n) is 7.76. The maximum absolute atomic E-state index is 12.7. The van der Waals surface area contributed by atoms with E-state index >= 15 is 0 Å². The van der Waals surface area contributed by atoms with E-state index in [0.717, 1.165) is 47.8 Å². The molecule has 4 rings (SSSR count). The van der Waals surface area contributed by atoms with Crippen LogP contribution in [0.5, 0.6) is 0 Å². The molecule has 0 fully saturated rings. The van der Waals surface area contributed by atoms with Crippen molar-refractivity contribution >= 4 is 57.2 Å². The Balaban J connectivity index is 1.24. The minimum Gasteiger partial charge on any atom is -0.365 e. The largest absolute Gasteiger partial charge is 0.365 e. The predicted octanol–water partition coefficient (Wildman–Crippen LogP) is 6.89. The molecule has 1 aliphatic rings. The van der Waals surface area contributed by atoms with Gasteiger partial charge in [0, 0.05) is 59.6 Å². The van der Waals surface area contributed by atoms with Crippen LogP contribution in [0.2, 0.25) is 5.02 Å². The van der Waals surface area contributed by atoms with Crippen LogP contribution < -0.4 is 27.0 Å². The first-order chi connectivity index (χ1) is 21.1. The van der Waals surface area contributed by atoms with Crippen LogP contribution in [0.1, 0.15) is 65.9 Å². The van der Waals surface area contributed by atoms with Gasteiger partial charge < -0.3 is 21.7 Å². The molecule has 0 saturated heterocycles. The molecule has 2 aromatic carbocycles. The van der Waals surface area contributed by atoms with E-state index in [2.05, 4.69) is 59.1 Å². The Hall–Kier alpha value is -3.86. The molecule has 6 N–H and O–H groups in total. The summed E-state index contributed by atoms with van der Waals surface area (Å²) in [5.41, 5.74) is 12.2. The summed E-state index contributed by atoms with van der Waals surface area (Å²) >= 11 is 7.30. The van der Waals surface area contributed by atoms with E-state index < -0.39 is 11.9 Å². The Morgan fingerprint density at radius 1 is 1.02 bits per heavy atom. The lowest BCUT2D eigenvalue weighted by Crippen LogP contribution is -2.33.